The van der Waals surface area contributed by atoms with E-state index in [1.54, 1.807) is 23.5 Å². The number of nitrogens with zero attached hydrogens (tertiary/aromatic N) is 5. The van der Waals surface area contributed by atoms with E-state index in [0.29, 0.717) is 40.9 Å². The molecule has 2 saturated heterocycles. The third-order valence-corrected chi connectivity index (χ3v) is 7.22. The number of pyridine rings is 1. The summed E-state index contributed by atoms with van der Waals surface area (Å²) in [7, 11) is 3.70. The Hall–Kier alpha value is -2.19. The smallest absolute Gasteiger partial charge is 0.270 e. The van der Waals surface area contributed by atoms with Gasteiger partial charge in [0.2, 0.25) is 0 Å². The summed E-state index contributed by atoms with van der Waals surface area (Å²) >= 11 is 6.71. The van der Waals surface area contributed by atoms with Crippen LogP contribution < -0.4 is 10.5 Å². The maximum atomic E-state index is 13.1. The molecule has 1 aromatic heterocycles. The molecule has 3 rings (SSSR count). The van der Waals surface area contributed by atoms with E-state index >= 15 is 0 Å². The Morgan fingerprint density at radius 1 is 1.25 bits per heavy atom. The molecule has 8 nitrogen and oxygen atoms in total. The summed E-state index contributed by atoms with van der Waals surface area (Å²) in [5, 5.41) is 9.68. The first-order valence-electron chi connectivity index (χ1n) is 10.7. The molecule has 0 aromatic carbocycles. The summed E-state index contributed by atoms with van der Waals surface area (Å²) in [4.78, 5) is 32.7. The number of hydrogen-bond donors (Lipinski definition) is 0. The lowest BCUT2D eigenvalue weighted by Gasteiger charge is -2.36. The number of hydrogen-bond acceptors (Lipinski definition) is 8. The highest BCUT2D eigenvalue weighted by molar-refractivity contribution is 8.26. The largest absolute Gasteiger partial charge is 0.385 e. The van der Waals surface area contributed by atoms with Gasteiger partial charge >= 0.3 is 0 Å². The highest BCUT2D eigenvalue weighted by atomic mass is 32.2. The van der Waals surface area contributed by atoms with E-state index < -0.39 is 0 Å². The van der Waals surface area contributed by atoms with Crippen LogP contribution in [-0.4, -0.2) is 78.1 Å². The molecule has 2 fully saturated rings. The molecule has 0 saturated carbocycles. The quantitative estimate of drug-likeness (QED) is 0.337. The normalized spacial score (nSPS) is 18.7. The van der Waals surface area contributed by atoms with E-state index in [4.69, 9.17) is 17.0 Å². The number of thiocarbonyl (C=S) groups is 1. The summed E-state index contributed by atoms with van der Waals surface area (Å²) < 4.78 is 7.26. The van der Waals surface area contributed by atoms with Gasteiger partial charge in [-0.05, 0) is 39.0 Å². The number of piperazine rings is 1. The lowest BCUT2D eigenvalue weighted by molar-refractivity contribution is -0.122. The minimum absolute atomic E-state index is 0.117. The molecule has 1 amide bonds. The van der Waals surface area contributed by atoms with Gasteiger partial charge < -0.3 is 14.5 Å². The first kappa shape index (κ1) is 24.5. The Balaban J connectivity index is 2.11. The van der Waals surface area contributed by atoms with E-state index in [1.807, 2.05) is 13.0 Å². The molecule has 10 heteroatoms. The van der Waals surface area contributed by atoms with Crippen molar-refractivity contribution in [3.8, 4) is 6.07 Å². The summed E-state index contributed by atoms with van der Waals surface area (Å²) in [6.07, 6.45) is 2.51. The van der Waals surface area contributed by atoms with Gasteiger partial charge in [0.1, 0.15) is 21.8 Å². The van der Waals surface area contributed by atoms with Crippen molar-refractivity contribution in [2.45, 2.75) is 26.8 Å². The van der Waals surface area contributed by atoms with Gasteiger partial charge in [-0.1, -0.05) is 24.0 Å². The van der Waals surface area contributed by atoms with Crippen molar-refractivity contribution in [3.63, 3.8) is 0 Å². The van der Waals surface area contributed by atoms with Crippen LogP contribution in [0.3, 0.4) is 0 Å². The number of nitriles is 1. The van der Waals surface area contributed by atoms with Crippen molar-refractivity contribution in [3.05, 3.63) is 31.9 Å². The van der Waals surface area contributed by atoms with Crippen LogP contribution in [-0.2, 0) is 16.1 Å². The number of thioether (sulfide) groups is 1. The number of likely N-dealkylation sites (N-methyl/N-ethyl adjacent to an activating group) is 1. The number of amides is 1. The molecule has 0 atom stereocenters. The average Bonchev–Trinajstić information content (AvgIpc) is 3.04. The van der Waals surface area contributed by atoms with Gasteiger partial charge in [-0.15, -0.1) is 0 Å². The SMILES string of the molecule is CCn1c(N2CCN(C)CC2)c(/C=C2\SC(=S)N(CCCOC)C2=O)c(C)c(C#N)c1=O. The number of anilines is 1. The number of carbonyl (C=O) groups is 1. The molecule has 0 unspecified atom stereocenters. The Kier molecular flexibility index (Phi) is 8.11. The number of ether oxygens (including phenoxy) is 1. The summed E-state index contributed by atoms with van der Waals surface area (Å²) in [6.45, 7) is 8.44. The monoisotopic (exact) mass is 475 g/mol. The Bertz CT molecular complexity index is 1040. The molecular weight excluding hydrogens is 446 g/mol. The van der Waals surface area contributed by atoms with Crippen LogP contribution >= 0.6 is 24.0 Å². The molecule has 172 valence electrons. The fourth-order valence-electron chi connectivity index (χ4n) is 3.99. The zero-order valence-corrected chi connectivity index (χ0v) is 20.6. The lowest BCUT2D eigenvalue weighted by atomic mass is 10.0. The number of aromatic nitrogens is 1. The molecule has 0 radical (unpaired) electrons. The van der Waals surface area contributed by atoms with Gasteiger partial charge in [0.15, 0.2) is 0 Å². The highest BCUT2D eigenvalue weighted by Crippen LogP contribution is 2.36. The minimum atomic E-state index is -0.286. The first-order chi connectivity index (χ1) is 15.3. The van der Waals surface area contributed by atoms with Gasteiger partial charge in [-0.3, -0.25) is 19.1 Å². The first-order valence-corrected chi connectivity index (χ1v) is 11.9. The Labute approximate surface area is 198 Å². The van der Waals surface area contributed by atoms with Crippen LogP contribution in [0.4, 0.5) is 5.82 Å². The van der Waals surface area contributed by atoms with Gasteiger partial charge in [-0.25, -0.2) is 0 Å². The topological polar surface area (TPSA) is 81.8 Å². The average molecular weight is 476 g/mol. The molecular formula is C22H29N5O3S2. The van der Waals surface area contributed by atoms with Crippen molar-refractivity contribution < 1.29 is 9.53 Å². The maximum absolute atomic E-state index is 13.1. The number of carbonyl (C=O) groups excluding carboxylic acids is 1. The van der Waals surface area contributed by atoms with Gasteiger partial charge in [-0.2, -0.15) is 5.26 Å². The van der Waals surface area contributed by atoms with Crippen LogP contribution in [0, 0.1) is 18.3 Å². The number of rotatable bonds is 7. The lowest BCUT2D eigenvalue weighted by Crippen LogP contribution is -2.47. The predicted molar refractivity (Wildman–Crippen MR) is 132 cm³/mol. The summed E-state index contributed by atoms with van der Waals surface area (Å²) in [5.74, 6) is 0.624. The molecule has 1 aromatic rings. The molecule has 0 bridgehead atoms. The third-order valence-electron chi connectivity index (χ3n) is 5.84. The Morgan fingerprint density at radius 3 is 2.53 bits per heavy atom. The van der Waals surface area contributed by atoms with Crippen molar-refractivity contribution in [1.29, 1.82) is 5.26 Å². The second-order valence-corrected chi connectivity index (χ2v) is 9.54. The zero-order valence-electron chi connectivity index (χ0n) is 19.0. The number of methoxy groups -OCH3 is 1. The minimum Gasteiger partial charge on any atom is -0.385 e. The Morgan fingerprint density at radius 2 is 1.94 bits per heavy atom. The van der Waals surface area contributed by atoms with E-state index in [9.17, 15) is 14.9 Å². The van der Waals surface area contributed by atoms with E-state index in [1.165, 1.54) is 11.8 Å². The molecule has 32 heavy (non-hydrogen) atoms. The van der Waals surface area contributed by atoms with Crippen LogP contribution in [0.1, 0.15) is 30.0 Å². The van der Waals surface area contributed by atoms with Gasteiger partial charge in [0.05, 0.1) is 4.91 Å². The summed E-state index contributed by atoms with van der Waals surface area (Å²) in [6, 6.07) is 2.07. The van der Waals surface area contributed by atoms with Crippen LogP contribution in [0.15, 0.2) is 9.70 Å². The van der Waals surface area contributed by atoms with Crippen LogP contribution in [0.2, 0.25) is 0 Å². The highest BCUT2D eigenvalue weighted by Gasteiger charge is 2.33. The third kappa shape index (κ3) is 4.76. The van der Waals surface area contributed by atoms with Gasteiger partial charge in [0, 0.05) is 58.5 Å². The van der Waals surface area contributed by atoms with E-state index in [-0.39, 0.29) is 17.0 Å². The van der Waals surface area contributed by atoms with Crippen molar-refractivity contribution in [2.75, 3.05) is 58.4 Å². The molecule has 0 aliphatic carbocycles. The predicted octanol–water partition coefficient (Wildman–Crippen LogP) is 2.04. The zero-order chi connectivity index (χ0) is 23.4. The second kappa shape index (κ2) is 10.6. The van der Waals surface area contributed by atoms with E-state index in [0.717, 1.165) is 37.6 Å². The molecule has 0 spiro atoms. The fraction of sp³-hybridized carbons (Fsp3) is 0.545. The second-order valence-electron chi connectivity index (χ2n) is 7.87. The van der Waals surface area contributed by atoms with Crippen LogP contribution in [0.5, 0.6) is 0 Å². The molecule has 2 aliphatic heterocycles. The van der Waals surface area contributed by atoms with Crippen molar-refractivity contribution >= 4 is 46.1 Å². The summed E-state index contributed by atoms with van der Waals surface area (Å²) in [5.41, 5.74) is 1.17. The van der Waals surface area contributed by atoms with Crippen LogP contribution in [0.25, 0.3) is 6.08 Å². The standard InChI is InChI=1S/C22H29N5O3S2/c1-5-26-19(25-10-8-24(3)9-11-25)16(15(2)17(14-23)20(26)28)13-18-21(29)27(22(31)32-18)7-6-12-30-4/h13H,5-12H2,1-4H3/b18-13-. The van der Waals surface area contributed by atoms with Crippen molar-refractivity contribution in [2.24, 2.45) is 0 Å². The maximum Gasteiger partial charge on any atom is 0.270 e. The molecule has 2 aliphatic rings. The van der Waals surface area contributed by atoms with Crippen molar-refractivity contribution in [1.82, 2.24) is 14.4 Å². The van der Waals surface area contributed by atoms with E-state index in [2.05, 4.69) is 22.9 Å². The molecule has 3 heterocycles. The fourth-order valence-corrected chi connectivity index (χ4v) is 5.28. The molecule has 0 N–H and O–H groups in total. The van der Waals surface area contributed by atoms with Gasteiger partial charge in [0.25, 0.3) is 11.5 Å².